The molecule has 0 aliphatic carbocycles. The maximum Gasteiger partial charge on any atom is 0.141 e. The average molecular weight is 422 g/mol. The zero-order valence-corrected chi connectivity index (χ0v) is 16.6. The fourth-order valence-corrected chi connectivity index (χ4v) is 4.04. The van der Waals surface area contributed by atoms with E-state index in [9.17, 15) is 8.60 Å². The van der Waals surface area contributed by atoms with E-state index >= 15 is 0 Å². The minimum absolute atomic E-state index is 0.160. The van der Waals surface area contributed by atoms with Gasteiger partial charge in [-0.3, -0.25) is 0 Å². The largest absolute Gasteiger partial charge is 0.397 e. The Morgan fingerprint density at radius 3 is 2.50 bits per heavy atom. The summed E-state index contributed by atoms with van der Waals surface area (Å²) >= 11 is 0. The standard InChI is InChI=1S/C21H19FN6OS/c22-17-5-2-15(3-6-17)16-4-7-18(23)19(9-16)26-10-14-1-8-20(27-11-14)30(24,29)21-12-25-13-28-21/h1-9,11-13,24,26H,10,23H2,(H,25,28). The molecule has 4 aromatic rings. The molecule has 0 radical (unpaired) electrons. The quantitative estimate of drug-likeness (QED) is 0.346. The number of pyridine rings is 1. The fourth-order valence-electron chi connectivity index (χ4n) is 2.93. The average Bonchev–Trinajstić information content (AvgIpc) is 3.30. The number of anilines is 2. The van der Waals surface area contributed by atoms with Crippen LogP contribution in [0.5, 0.6) is 0 Å². The molecule has 2 heterocycles. The monoisotopic (exact) mass is 422 g/mol. The first-order chi connectivity index (χ1) is 14.4. The lowest BCUT2D eigenvalue weighted by Gasteiger charge is -2.12. The van der Waals surface area contributed by atoms with Gasteiger partial charge in [-0.25, -0.2) is 23.3 Å². The molecule has 0 saturated carbocycles. The molecule has 0 bridgehead atoms. The molecule has 0 fully saturated rings. The van der Waals surface area contributed by atoms with Crippen LogP contribution in [0, 0.1) is 10.6 Å². The highest BCUT2D eigenvalue weighted by atomic mass is 32.2. The van der Waals surface area contributed by atoms with Crippen molar-refractivity contribution in [1.82, 2.24) is 15.0 Å². The summed E-state index contributed by atoms with van der Waals surface area (Å²) in [4.78, 5) is 10.7. The summed E-state index contributed by atoms with van der Waals surface area (Å²) < 4.78 is 33.9. The number of halogens is 1. The first-order valence-corrected chi connectivity index (χ1v) is 10.6. The van der Waals surface area contributed by atoms with Gasteiger partial charge in [0.2, 0.25) is 0 Å². The molecule has 0 saturated heterocycles. The smallest absolute Gasteiger partial charge is 0.141 e. The third kappa shape index (κ3) is 4.01. The van der Waals surface area contributed by atoms with Crippen molar-refractivity contribution in [2.75, 3.05) is 11.1 Å². The second-order valence-electron chi connectivity index (χ2n) is 6.64. The molecule has 0 amide bonds. The minimum atomic E-state index is -3.22. The van der Waals surface area contributed by atoms with Crippen molar-refractivity contribution in [3.05, 3.63) is 84.7 Å². The minimum Gasteiger partial charge on any atom is -0.397 e. The van der Waals surface area contributed by atoms with Gasteiger partial charge >= 0.3 is 0 Å². The summed E-state index contributed by atoms with van der Waals surface area (Å²) in [6.45, 7) is 0.438. The van der Waals surface area contributed by atoms with Crippen molar-refractivity contribution in [1.29, 1.82) is 4.78 Å². The molecular formula is C21H19FN6OS. The molecule has 0 spiro atoms. The summed E-state index contributed by atoms with van der Waals surface area (Å²) in [7, 11) is -3.22. The Morgan fingerprint density at radius 2 is 1.83 bits per heavy atom. The molecule has 0 aliphatic rings. The number of nitrogens with two attached hydrogens (primary N) is 1. The number of nitrogens with one attached hydrogen (secondary N) is 3. The molecule has 7 nitrogen and oxygen atoms in total. The van der Waals surface area contributed by atoms with Gasteiger partial charge in [0.05, 0.1) is 23.9 Å². The van der Waals surface area contributed by atoms with Crippen LogP contribution in [0.1, 0.15) is 5.56 Å². The number of benzene rings is 2. The van der Waals surface area contributed by atoms with Gasteiger partial charge in [-0.15, -0.1) is 0 Å². The number of hydrogen-bond acceptors (Lipinski definition) is 6. The molecule has 1 unspecified atom stereocenters. The van der Waals surface area contributed by atoms with Gasteiger partial charge < -0.3 is 16.0 Å². The first kappa shape index (κ1) is 19.6. The highest BCUT2D eigenvalue weighted by Gasteiger charge is 2.16. The van der Waals surface area contributed by atoms with Crippen LogP contribution in [0.15, 0.2) is 83.4 Å². The molecule has 4 rings (SSSR count). The Balaban J connectivity index is 1.50. The molecule has 1 atom stereocenters. The van der Waals surface area contributed by atoms with Crippen LogP contribution in [0.2, 0.25) is 0 Å². The van der Waals surface area contributed by atoms with Gasteiger partial charge in [-0.1, -0.05) is 24.3 Å². The van der Waals surface area contributed by atoms with E-state index in [4.69, 9.17) is 10.5 Å². The number of aromatic amines is 1. The van der Waals surface area contributed by atoms with Gasteiger partial charge in [0.25, 0.3) is 0 Å². The van der Waals surface area contributed by atoms with Crippen LogP contribution in [-0.4, -0.2) is 19.2 Å². The van der Waals surface area contributed by atoms with E-state index in [1.165, 1.54) is 24.7 Å². The number of imidazole rings is 1. The lowest BCUT2D eigenvalue weighted by atomic mass is 10.0. The topological polar surface area (TPSA) is 121 Å². The zero-order chi connectivity index (χ0) is 21.1. The van der Waals surface area contributed by atoms with Crippen LogP contribution >= 0.6 is 0 Å². The zero-order valence-electron chi connectivity index (χ0n) is 15.8. The van der Waals surface area contributed by atoms with Crippen molar-refractivity contribution in [2.24, 2.45) is 0 Å². The highest BCUT2D eigenvalue weighted by Crippen LogP contribution is 2.28. The van der Waals surface area contributed by atoms with E-state index in [1.54, 1.807) is 36.5 Å². The summed E-state index contributed by atoms with van der Waals surface area (Å²) in [5.74, 6) is -0.285. The van der Waals surface area contributed by atoms with Crippen LogP contribution < -0.4 is 11.1 Å². The Labute approximate surface area is 173 Å². The fraction of sp³-hybridized carbons (Fsp3) is 0.0476. The third-order valence-electron chi connectivity index (χ3n) is 4.59. The second-order valence-corrected chi connectivity index (χ2v) is 8.61. The van der Waals surface area contributed by atoms with E-state index in [1.807, 2.05) is 12.1 Å². The van der Waals surface area contributed by atoms with Crippen molar-refractivity contribution in [3.63, 3.8) is 0 Å². The number of hydrogen-bond donors (Lipinski definition) is 4. The van der Waals surface area contributed by atoms with Gasteiger partial charge in [0.15, 0.2) is 0 Å². The number of nitrogens with zero attached hydrogens (tertiary/aromatic N) is 2. The molecule has 0 aliphatic heterocycles. The lowest BCUT2D eigenvalue weighted by molar-refractivity contribution is 0.628. The summed E-state index contributed by atoms with van der Waals surface area (Å²) in [5.41, 5.74) is 10.0. The Hall–Kier alpha value is -3.72. The Bertz CT molecular complexity index is 1250. The van der Waals surface area contributed by atoms with E-state index in [2.05, 4.69) is 20.3 Å². The van der Waals surface area contributed by atoms with Crippen LogP contribution in [0.25, 0.3) is 11.1 Å². The van der Waals surface area contributed by atoms with Crippen molar-refractivity contribution in [2.45, 2.75) is 16.6 Å². The third-order valence-corrected chi connectivity index (χ3v) is 6.26. The molecule has 152 valence electrons. The number of rotatable bonds is 6. The molecule has 2 aromatic carbocycles. The van der Waals surface area contributed by atoms with Crippen molar-refractivity contribution < 1.29 is 8.60 Å². The van der Waals surface area contributed by atoms with E-state index in [-0.39, 0.29) is 15.9 Å². The molecule has 5 N–H and O–H groups in total. The predicted molar refractivity (Wildman–Crippen MR) is 114 cm³/mol. The molecule has 30 heavy (non-hydrogen) atoms. The molecular weight excluding hydrogens is 403 g/mol. The summed E-state index contributed by atoms with van der Waals surface area (Å²) in [6.07, 6.45) is 4.32. The second kappa shape index (κ2) is 7.96. The van der Waals surface area contributed by atoms with E-state index in [0.29, 0.717) is 12.2 Å². The SMILES string of the molecule is N=S(=O)(c1ccc(CNc2cc(-c3ccc(F)cc3)ccc2N)cn1)c1cnc[nH]1. The molecule has 9 heteroatoms. The number of H-pyrrole nitrogens is 1. The maximum atomic E-state index is 13.2. The highest BCUT2D eigenvalue weighted by molar-refractivity contribution is 7.92. The predicted octanol–water partition coefficient (Wildman–Crippen LogP) is 4.27. The first-order valence-electron chi connectivity index (χ1n) is 9.05. The summed E-state index contributed by atoms with van der Waals surface area (Å²) in [5, 5.41) is 3.64. The normalized spacial score (nSPS) is 13.0. The Morgan fingerprint density at radius 1 is 1.07 bits per heavy atom. The van der Waals surface area contributed by atoms with Gasteiger partial charge in [-0.2, -0.15) is 0 Å². The van der Waals surface area contributed by atoms with Crippen molar-refractivity contribution in [3.8, 4) is 11.1 Å². The number of aromatic nitrogens is 3. The van der Waals surface area contributed by atoms with Crippen molar-refractivity contribution >= 4 is 21.1 Å². The van der Waals surface area contributed by atoms with Crippen LogP contribution in [0.4, 0.5) is 15.8 Å². The number of nitrogen functional groups attached to an aromatic ring is 1. The summed E-state index contributed by atoms with van der Waals surface area (Å²) in [6, 6.07) is 15.2. The van der Waals surface area contributed by atoms with E-state index < -0.39 is 9.73 Å². The lowest BCUT2D eigenvalue weighted by Crippen LogP contribution is -2.06. The maximum absolute atomic E-state index is 13.2. The van der Waals surface area contributed by atoms with Crippen LogP contribution in [0.3, 0.4) is 0 Å². The Kier molecular flexibility index (Phi) is 5.20. The molecule has 2 aromatic heterocycles. The van der Waals surface area contributed by atoms with Gasteiger partial charge in [0.1, 0.15) is 25.6 Å². The van der Waals surface area contributed by atoms with E-state index in [0.717, 1.165) is 22.4 Å². The van der Waals surface area contributed by atoms with Gasteiger partial charge in [0, 0.05) is 12.7 Å². The van der Waals surface area contributed by atoms with Crippen LogP contribution in [-0.2, 0) is 16.3 Å². The van der Waals surface area contributed by atoms with Gasteiger partial charge in [-0.05, 0) is 47.0 Å².